The lowest BCUT2D eigenvalue weighted by molar-refractivity contribution is -0.137. The summed E-state index contributed by atoms with van der Waals surface area (Å²) < 4.78 is 0. The zero-order chi connectivity index (χ0) is 11.2. The maximum absolute atomic E-state index is 10.3. The zero-order valence-corrected chi connectivity index (χ0v) is 9.76. The van der Waals surface area contributed by atoms with Gasteiger partial charge < -0.3 is 10.4 Å². The summed E-state index contributed by atoms with van der Waals surface area (Å²) in [5.41, 5.74) is 0.303. The molecule has 0 aliphatic carbocycles. The zero-order valence-electron chi connectivity index (χ0n) is 9.76. The van der Waals surface area contributed by atoms with Crippen molar-refractivity contribution >= 4 is 5.97 Å². The van der Waals surface area contributed by atoms with Crippen LogP contribution in [0.5, 0.6) is 0 Å². The fourth-order valence-corrected chi connectivity index (χ4v) is 1.02. The molecule has 84 valence electrons. The number of carboxylic acid groups (broad SMARTS) is 1. The molecule has 0 bridgehead atoms. The van der Waals surface area contributed by atoms with Crippen LogP contribution in [0.2, 0.25) is 0 Å². The van der Waals surface area contributed by atoms with Crippen molar-refractivity contribution in [2.45, 2.75) is 53.0 Å². The Kier molecular flexibility index (Phi) is 5.77. The Hall–Kier alpha value is -0.570. The molecule has 0 aromatic heterocycles. The minimum absolute atomic E-state index is 0.251. The maximum Gasteiger partial charge on any atom is 0.303 e. The number of nitrogens with one attached hydrogen (secondary N) is 1. The Morgan fingerprint density at radius 1 is 1.50 bits per heavy atom. The quantitative estimate of drug-likeness (QED) is 0.664. The molecule has 0 spiro atoms. The maximum atomic E-state index is 10.3. The van der Waals surface area contributed by atoms with Crippen molar-refractivity contribution in [3.05, 3.63) is 0 Å². The summed E-state index contributed by atoms with van der Waals surface area (Å²) in [7, 11) is 0. The third kappa shape index (κ3) is 6.89. The van der Waals surface area contributed by atoms with Gasteiger partial charge in [0.05, 0.1) is 0 Å². The Morgan fingerprint density at radius 3 is 2.50 bits per heavy atom. The molecule has 2 N–H and O–H groups in total. The second-order valence-corrected chi connectivity index (χ2v) is 4.73. The number of carbonyl (C=O) groups is 1. The van der Waals surface area contributed by atoms with E-state index in [1.54, 1.807) is 0 Å². The minimum Gasteiger partial charge on any atom is -0.481 e. The molecule has 1 unspecified atom stereocenters. The van der Waals surface area contributed by atoms with E-state index < -0.39 is 5.97 Å². The van der Waals surface area contributed by atoms with Crippen molar-refractivity contribution in [2.75, 3.05) is 6.54 Å². The molecule has 0 rings (SSSR count). The van der Waals surface area contributed by atoms with E-state index in [-0.39, 0.29) is 12.5 Å². The van der Waals surface area contributed by atoms with Gasteiger partial charge >= 0.3 is 5.97 Å². The first kappa shape index (κ1) is 13.4. The first-order chi connectivity index (χ1) is 6.37. The molecule has 0 aromatic carbocycles. The van der Waals surface area contributed by atoms with Gasteiger partial charge in [-0.05, 0) is 25.2 Å². The summed E-state index contributed by atoms with van der Waals surface area (Å²) in [6, 6.07) is 0.289. The molecule has 0 radical (unpaired) electrons. The second kappa shape index (κ2) is 6.02. The van der Waals surface area contributed by atoms with Crippen LogP contribution in [0.4, 0.5) is 0 Å². The molecular weight excluding hydrogens is 178 g/mol. The Labute approximate surface area is 86.9 Å². The highest BCUT2D eigenvalue weighted by Gasteiger charge is 2.15. The van der Waals surface area contributed by atoms with Crippen LogP contribution < -0.4 is 5.32 Å². The second-order valence-electron chi connectivity index (χ2n) is 4.73. The highest BCUT2D eigenvalue weighted by Crippen LogP contribution is 2.18. The molecule has 0 fully saturated rings. The molecule has 0 amide bonds. The molecule has 0 saturated carbocycles. The molecule has 0 aromatic rings. The van der Waals surface area contributed by atoms with Crippen LogP contribution >= 0.6 is 0 Å². The van der Waals surface area contributed by atoms with Crippen LogP contribution in [0.25, 0.3) is 0 Å². The summed E-state index contributed by atoms with van der Waals surface area (Å²) >= 11 is 0. The smallest absolute Gasteiger partial charge is 0.303 e. The standard InChI is InChI=1S/C11H23NO2/c1-5-11(3,4)8-12-9(2)6-7-10(13)14/h9,12H,5-8H2,1-4H3,(H,13,14). The van der Waals surface area contributed by atoms with Crippen LogP contribution in [0.3, 0.4) is 0 Å². The van der Waals surface area contributed by atoms with Gasteiger partial charge in [0.15, 0.2) is 0 Å². The van der Waals surface area contributed by atoms with E-state index >= 15 is 0 Å². The van der Waals surface area contributed by atoms with E-state index in [1.807, 2.05) is 6.92 Å². The van der Waals surface area contributed by atoms with Crippen molar-refractivity contribution in [3.8, 4) is 0 Å². The van der Waals surface area contributed by atoms with Gasteiger partial charge in [-0.1, -0.05) is 20.8 Å². The van der Waals surface area contributed by atoms with E-state index in [0.29, 0.717) is 11.8 Å². The van der Waals surface area contributed by atoms with E-state index in [9.17, 15) is 4.79 Å². The average Bonchev–Trinajstić information content (AvgIpc) is 2.11. The number of rotatable bonds is 7. The van der Waals surface area contributed by atoms with Crippen molar-refractivity contribution in [1.29, 1.82) is 0 Å². The molecule has 0 heterocycles. The predicted octanol–water partition coefficient (Wildman–Crippen LogP) is 2.27. The first-order valence-electron chi connectivity index (χ1n) is 5.32. The van der Waals surface area contributed by atoms with E-state index in [1.165, 1.54) is 0 Å². The molecule has 0 saturated heterocycles. The largest absolute Gasteiger partial charge is 0.481 e. The van der Waals surface area contributed by atoms with Gasteiger partial charge in [0.1, 0.15) is 0 Å². The highest BCUT2D eigenvalue weighted by atomic mass is 16.4. The van der Waals surface area contributed by atoms with Gasteiger partial charge in [-0.3, -0.25) is 4.79 Å². The van der Waals surface area contributed by atoms with Crippen molar-refractivity contribution < 1.29 is 9.90 Å². The monoisotopic (exact) mass is 201 g/mol. The van der Waals surface area contributed by atoms with E-state index in [2.05, 4.69) is 26.1 Å². The van der Waals surface area contributed by atoms with Crippen molar-refractivity contribution in [3.63, 3.8) is 0 Å². The molecular formula is C11H23NO2. The van der Waals surface area contributed by atoms with Crippen LogP contribution in [0, 0.1) is 5.41 Å². The van der Waals surface area contributed by atoms with Gasteiger partial charge in [-0.2, -0.15) is 0 Å². The van der Waals surface area contributed by atoms with Crippen molar-refractivity contribution in [1.82, 2.24) is 5.32 Å². The number of hydrogen-bond donors (Lipinski definition) is 2. The molecule has 3 nitrogen and oxygen atoms in total. The summed E-state index contributed by atoms with van der Waals surface area (Å²) in [6.45, 7) is 9.58. The Balaban J connectivity index is 3.63. The Morgan fingerprint density at radius 2 is 2.07 bits per heavy atom. The summed E-state index contributed by atoms with van der Waals surface area (Å²) in [6.07, 6.45) is 2.08. The normalized spacial score (nSPS) is 14.0. The topological polar surface area (TPSA) is 49.3 Å². The van der Waals surface area contributed by atoms with Gasteiger partial charge in [0.2, 0.25) is 0 Å². The van der Waals surface area contributed by atoms with Gasteiger partial charge in [0, 0.05) is 19.0 Å². The van der Waals surface area contributed by atoms with Crippen LogP contribution in [-0.2, 0) is 4.79 Å². The summed E-state index contributed by atoms with van der Waals surface area (Å²) in [5.74, 6) is -0.714. The average molecular weight is 201 g/mol. The molecule has 14 heavy (non-hydrogen) atoms. The molecule has 0 aliphatic rings. The lowest BCUT2D eigenvalue weighted by atomic mass is 9.90. The van der Waals surface area contributed by atoms with E-state index in [4.69, 9.17) is 5.11 Å². The Bertz CT molecular complexity index is 178. The third-order valence-corrected chi connectivity index (χ3v) is 2.68. The minimum atomic E-state index is -0.714. The van der Waals surface area contributed by atoms with Gasteiger partial charge in [-0.25, -0.2) is 0 Å². The van der Waals surface area contributed by atoms with Gasteiger partial charge in [-0.15, -0.1) is 0 Å². The van der Waals surface area contributed by atoms with Crippen LogP contribution in [0.15, 0.2) is 0 Å². The lowest BCUT2D eigenvalue weighted by Crippen LogP contribution is -2.35. The number of hydrogen-bond acceptors (Lipinski definition) is 2. The fourth-order valence-electron chi connectivity index (χ4n) is 1.02. The highest BCUT2D eigenvalue weighted by molar-refractivity contribution is 5.66. The number of aliphatic carboxylic acids is 1. The third-order valence-electron chi connectivity index (χ3n) is 2.68. The lowest BCUT2D eigenvalue weighted by Gasteiger charge is -2.25. The number of carboxylic acids is 1. The molecule has 1 atom stereocenters. The fraction of sp³-hybridized carbons (Fsp3) is 0.909. The predicted molar refractivity (Wildman–Crippen MR) is 58.4 cm³/mol. The van der Waals surface area contributed by atoms with Crippen LogP contribution in [-0.4, -0.2) is 23.7 Å². The van der Waals surface area contributed by atoms with Crippen molar-refractivity contribution in [2.24, 2.45) is 5.41 Å². The summed E-state index contributed by atoms with van der Waals surface area (Å²) in [4.78, 5) is 10.3. The molecule has 0 aliphatic heterocycles. The SMILES string of the molecule is CCC(C)(C)CNC(C)CCC(=O)O. The summed E-state index contributed by atoms with van der Waals surface area (Å²) in [5, 5.41) is 11.9. The first-order valence-corrected chi connectivity index (χ1v) is 5.32. The molecule has 3 heteroatoms. The van der Waals surface area contributed by atoms with E-state index in [0.717, 1.165) is 13.0 Å². The van der Waals surface area contributed by atoms with Crippen LogP contribution in [0.1, 0.15) is 47.0 Å². The van der Waals surface area contributed by atoms with Gasteiger partial charge in [0.25, 0.3) is 0 Å².